The van der Waals surface area contributed by atoms with Crippen LogP contribution >= 0.6 is 0 Å². The fourth-order valence-electron chi connectivity index (χ4n) is 1.16. The molecule has 1 aromatic carbocycles. The van der Waals surface area contributed by atoms with E-state index in [-0.39, 0.29) is 11.5 Å². The van der Waals surface area contributed by atoms with Gasteiger partial charge in [-0.05, 0) is 31.0 Å². The van der Waals surface area contributed by atoms with Gasteiger partial charge in [0.1, 0.15) is 5.75 Å². The first kappa shape index (κ1) is 12.0. The van der Waals surface area contributed by atoms with Gasteiger partial charge >= 0.3 is 0 Å². The Bertz CT molecular complexity index is 414. The van der Waals surface area contributed by atoms with E-state index < -0.39 is 10.0 Å². The lowest BCUT2D eigenvalue weighted by molar-refractivity contribution is 0.474. The molecule has 0 amide bonds. The second-order valence-electron chi connectivity index (χ2n) is 3.22. The van der Waals surface area contributed by atoms with Crippen LogP contribution in [0.15, 0.2) is 24.3 Å². The maximum atomic E-state index is 11.1. The Hall–Kier alpha value is -1.07. The summed E-state index contributed by atoms with van der Waals surface area (Å²) in [7, 11) is -3.11. The molecule has 1 aromatic rings. The van der Waals surface area contributed by atoms with Crippen molar-refractivity contribution in [3.63, 3.8) is 0 Å². The van der Waals surface area contributed by atoms with E-state index in [1.165, 1.54) is 0 Å². The highest BCUT2D eigenvalue weighted by molar-refractivity contribution is 7.89. The van der Waals surface area contributed by atoms with E-state index in [1.54, 1.807) is 25.1 Å². The molecule has 2 N–H and O–H groups in total. The smallest absolute Gasteiger partial charge is 0.211 e. The van der Waals surface area contributed by atoms with Crippen molar-refractivity contribution in [2.45, 2.75) is 13.3 Å². The number of phenols is 1. The highest BCUT2D eigenvalue weighted by Gasteiger charge is 2.04. The third kappa shape index (κ3) is 4.31. The van der Waals surface area contributed by atoms with Crippen molar-refractivity contribution in [3.8, 4) is 5.75 Å². The van der Waals surface area contributed by atoms with E-state index in [4.69, 9.17) is 0 Å². The summed E-state index contributed by atoms with van der Waals surface area (Å²) in [5.74, 6) is 0.290. The Morgan fingerprint density at radius 3 is 2.73 bits per heavy atom. The number of rotatable bonds is 5. The van der Waals surface area contributed by atoms with Gasteiger partial charge in [-0.2, -0.15) is 0 Å². The van der Waals surface area contributed by atoms with Gasteiger partial charge in [0.25, 0.3) is 0 Å². The predicted octanol–water partition coefficient (Wildman–Crippen LogP) is 0.874. The van der Waals surface area contributed by atoms with Gasteiger partial charge in [0.15, 0.2) is 0 Å². The predicted molar refractivity (Wildman–Crippen MR) is 59.3 cm³/mol. The number of hydrogen-bond donors (Lipinski definition) is 2. The molecule has 84 valence electrons. The van der Waals surface area contributed by atoms with Crippen LogP contribution in [0.5, 0.6) is 5.75 Å². The van der Waals surface area contributed by atoms with Crippen LogP contribution in [0.3, 0.4) is 0 Å². The minimum absolute atomic E-state index is 0.0903. The summed E-state index contributed by atoms with van der Waals surface area (Å²) in [6.07, 6.45) is 0.577. The third-order valence-corrected chi connectivity index (χ3v) is 3.43. The summed E-state index contributed by atoms with van der Waals surface area (Å²) in [4.78, 5) is 0. The molecule has 0 aromatic heterocycles. The second-order valence-corrected chi connectivity index (χ2v) is 5.31. The lowest BCUT2D eigenvalue weighted by Crippen LogP contribution is -2.27. The fraction of sp³-hybridized carbons (Fsp3) is 0.400. The molecule has 0 bridgehead atoms. The number of sulfonamides is 1. The fourth-order valence-corrected chi connectivity index (χ4v) is 1.78. The number of phenolic OH excluding ortho intramolecular Hbond substituents is 1. The van der Waals surface area contributed by atoms with Crippen molar-refractivity contribution < 1.29 is 13.5 Å². The van der Waals surface area contributed by atoms with Gasteiger partial charge in [-0.25, -0.2) is 13.1 Å². The van der Waals surface area contributed by atoms with E-state index in [1.807, 2.05) is 6.07 Å². The summed E-state index contributed by atoms with van der Waals surface area (Å²) >= 11 is 0. The minimum Gasteiger partial charge on any atom is -0.508 e. The van der Waals surface area contributed by atoms with E-state index in [0.29, 0.717) is 13.0 Å². The molecular formula is C10H15NO3S. The Balaban J connectivity index is 2.45. The van der Waals surface area contributed by atoms with Gasteiger partial charge < -0.3 is 5.11 Å². The van der Waals surface area contributed by atoms with E-state index in [9.17, 15) is 13.5 Å². The molecule has 15 heavy (non-hydrogen) atoms. The zero-order valence-corrected chi connectivity index (χ0v) is 9.42. The first-order valence-electron chi connectivity index (χ1n) is 4.79. The molecule has 1 rings (SSSR count). The molecular weight excluding hydrogens is 214 g/mol. The normalized spacial score (nSPS) is 11.5. The molecule has 0 aliphatic carbocycles. The quantitative estimate of drug-likeness (QED) is 0.787. The van der Waals surface area contributed by atoms with Gasteiger partial charge in [-0.3, -0.25) is 0 Å². The standard InChI is InChI=1S/C10H15NO3S/c1-2-15(13,14)11-7-6-9-4-3-5-10(12)8-9/h3-5,8,11-12H,2,6-7H2,1H3. The van der Waals surface area contributed by atoms with Gasteiger partial charge in [0.2, 0.25) is 10.0 Å². The van der Waals surface area contributed by atoms with Crippen LogP contribution in [0.4, 0.5) is 0 Å². The van der Waals surface area contributed by atoms with Crippen LogP contribution in [-0.4, -0.2) is 25.8 Å². The maximum Gasteiger partial charge on any atom is 0.211 e. The molecule has 5 heteroatoms. The molecule has 0 aliphatic rings. The topological polar surface area (TPSA) is 66.4 Å². The number of hydrogen-bond acceptors (Lipinski definition) is 3. The Morgan fingerprint density at radius 2 is 2.13 bits per heavy atom. The van der Waals surface area contributed by atoms with Crippen molar-refractivity contribution >= 4 is 10.0 Å². The van der Waals surface area contributed by atoms with Crippen LogP contribution in [0, 0.1) is 0 Å². The van der Waals surface area contributed by atoms with Crippen LogP contribution in [0.2, 0.25) is 0 Å². The van der Waals surface area contributed by atoms with Crippen molar-refractivity contribution in [2.75, 3.05) is 12.3 Å². The van der Waals surface area contributed by atoms with E-state index >= 15 is 0 Å². The number of benzene rings is 1. The zero-order chi connectivity index (χ0) is 11.3. The second kappa shape index (κ2) is 5.14. The lowest BCUT2D eigenvalue weighted by atomic mass is 10.1. The summed E-state index contributed by atoms with van der Waals surface area (Å²) < 4.78 is 24.7. The molecule has 0 spiro atoms. The van der Waals surface area contributed by atoms with Gasteiger partial charge in [-0.1, -0.05) is 12.1 Å². The average molecular weight is 229 g/mol. The summed E-state index contributed by atoms with van der Waals surface area (Å²) in [5.41, 5.74) is 0.911. The van der Waals surface area contributed by atoms with Gasteiger partial charge in [-0.15, -0.1) is 0 Å². The van der Waals surface area contributed by atoms with Crippen molar-refractivity contribution in [3.05, 3.63) is 29.8 Å². The number of aromatic hydroxyl groups is 1. The van der Waals surface area contributed by atoms with Gasteiger partial charge in [0.05, 0.1) is 5.75 Å². The molecule has 0 heterocycles. The molecule has 0 atom stereocenters. The SMILES string of the molecule is CCS(=O)(=O)NCCc1cccc(O)c1. The van der Waals surface area contributed by atoms with Gasteiger partial charge in [0, 0.05) is 6.54 Å². The molecule has 0 unspecified atom stereocenters. The molecule has 0 radical (unpaired) electrons. The monoisotopic (exact) mass is 229 g/mol. The Morgan fingerprint density at radius 1 is 1.40 bits per heavy atom. The van der Waals surface area contributed by atoms with Crippen molar-refractivity contribution in [1.82, 2.24) is 4.72 Å². The van der Waals surface area contributed by atoms with E-state index in [0.717, 1.165) is 5.56 Å². The van der Waals surface area contributed by atoms with Crippen LogP contribution in [-0.2, 0) is 16.4 Å². The largest absolute Gasteiger partial charge is 0.508 e. The lowest BCUT2D eigenvalue weighted by Gasteiger charge is -2.04. The van der Waals surface area contributed by atoms with Crippen LogP contribution in [0.25, 0.3) is 0 Å². The summed E-state index contributed by atoms with van der Waals surface area (Å²) in [6, 6.07) is 6.79. The third-order valence-electron chi connectivity index (χ3n) is 2.03. The highest BCUT2D eigenvalue weighted by atomic mass is 32.2. The summed E-state index contributed by atoms with van der Waals surface area (Å²) in [6.45, 7) is 1.95. The van der Waals surface area contributed by atoms with E-state index in [2.05, 4.69) is 4.72 Å². The first-order chi connectivity index (χ1) is 7.03. The number of nitrogens with one attached hydrogen (secondary N) is 1. The Kier molecular flexibility index (Phi) is 4.11. The van der Waals surface area contributed by atoms with Crippen molar-refractivity contribution in [1.29, 1.82) is 0 Å². The molecule has 0 saturated heterocycles. The van der Waals surface area contributed by atoms with Crippen LogP contribution in [0.1, 0.15) is 12.5 Å². The highest BCUT2D eigenvalue weighted by Crippen LogP contribution is 2.10. The first-order valence-corrected chi connectivity index (χ1v) is 6.44. The molecule has 0 fully saturated rings. The molecule has 4 nitrogen and oxygen atoms in total. The molecule has 0 aliphatic heterocycles. The average Bonchev–Trinajstić information content (AvgIpc) is 2.18. The Labute approximate surface area is 90.0 Å². The minimum atomic E-state index is -3.11. The summed E-state index contributed by atoms with van der Waals surface area (Å²) in [5, 5.41) is 9.18. The maximum absolute atomic E-state index is 11.1. The zero-order valence-electron chi connectivity index (χ0n) is 8.60. The molecule has 0 saturated carbocycles. The van der Waals surface area contributed by atoms with Crippen LogP contribution < -0.4 is 4.72 Å². The van der Waals surface area contributed by atoms with Crippen molar-refractivity contribution in [2.24, 2.45) is 0 Å².